The van der Waals surface area contributed by atoms with Crippen LogP contribution in [0.15, 0.2) is 24.3 Å². The predicted octanol–water partition coefficient (Wildman–Crippen LogP) is 1.89. The van der Waals surface area contributed by atoms with Gasteiger partial charge in [0.05, 0.1) is 31.6 Å². The zero-order valence-electron chi connectivity index (χ0n) is 13.0. The van der Waals surface area contributed by atoms with E-state index in [1.807, 2.05) is 4.90 Å². The number of halogens is 1. The number of anilines is 3. The summed E-state index contributed by atoms with van der Waals surface area (Å²) in [4.78, 5) is 26.4. The van der Waals surface area contributed by atoms with Crippen molar-refractivity contribution in [2.24, 2.45) is 0 Å². The van der Waals surface area contributed by atoms with Crippen LogP contribution in [-0.2, 0) is 9.47 Å². The van der Waals surface area contributed by atoms with Gasteiger partial charge in [-0.15, -0.1) is 0 Å². The van der Waals surface area contributed by atoms with Crippen molar-refractivity contribution in [3.63, 3.8) is 0 Å². The number of methoxy groups -OCH3 is 1. The van der Waals surface area contributed by atoms with Gasteiger partial charge < -0.3 is 19.7 Å². The van der Waals surface area contributed by atoms with Crippen LogP contribution in [0.1, 0.15) is 10.4 Å². The molecule has 3 rings (SSSR count). The number of para-hydroxylation sites is 1. The third-order valence-electron chi connectivity index (χ3n) is 3.47. The lowest BCUT2D eigenvalue weighted by atomic mass is 10.2. The van der Waals surface area contributed by atoms with Gasteiger partial charge in [-0.3, -0.25) is 0 Å². The van der Waals surface area contributed by atoms with Crippen LogP contribution < -0.4 is 10.2 Å². The number of carbonyl (C=O) groups excluding carboxylic acids is 1. The van der Waals surface area contributed by atoms with Gasteiger partial charge in [-0.2, -0.15) is 15.0 Å². The molecule has 126 valence electrons. The smallest absolute Gasteiger partial charge is 0.339 e. The molecule has 1 aromatic carbocycles. The van der Waals surface area contributed by atoms with Gasteiger partial charge in [-0.05, 0) is 23.7 Å². The standard InChI is InChI=1S/C15H16ClN5O3/c1-23-12(22)10-4-2-3-5-11(10)17-14-18-13(16)19-15(20-14)21-6-8-24-9-7-21/h2-5H,6-9H2,1H3,(H,17,18,19,20). The molecule has 1 aromatic heterocycles. The van der Waals surface area contributed by atoms with Crippen molar-refractivity contribution < 1.29 is 14.3 Å². The summed E-state index contributed by atoms with van der Waals surface area (Å²) in [5.41, 5.74) is 0.906. The summed E-state index contributed by atoms with van der Waals surface area (Å²) < 4.78 is 10.1. The number of hydrogen-bond acceptors (Lipinski definition) is 8. The third kappa shape index (κ3) is 3.72. The lowest BCUT2D eigenvalue weighted by molar-refractivity contribution is 0.0602. The van der Waals surface area contributed by atoms with Gasteiger partial charge in [0.15, 0.2) is 0 Å². The van der Waals surface area contributed by atoms with Crippen molar-refractivity contribution in [2.75, 3.05) is 43.6 Å². The molecule has 0 amide bonds. The van der Waals surface area contributed by atoms with E-state index in [2.05, 4.69) is 20.3 Å². The van der Waals surface area contributed by atoms with Gasteiger partial charge in [0.1, 0.15) is 0 Å². The average molecular weight is 350 g/mol. The third-order valence-corrected chi connectivity index (χ3v) is 3.64. The molecule has 0 aliphatic carbocycles. The predicted molar refractivity (Wildman–Crippen MR) is 88.9 cm³/mol. The molecule has 24 heavy (non-hydrogen) atoms. The number of morpholine rings is 1. The lowest BCUT2D eigenvalue weighted by Gasteiger charge is -2.26. The molecule has 0 radical (unpaired) electrons. The molecule has 0 bridgehead atoms. The molecule has 0 saturated carbocycles. The van der Waals surface area contributed by atoms with Crippen LogP contribution in [0.5, 0.6) is 0 Å². The first-order valence-corrected chi connectivity index (χ1v) is 7.74. The second-order valence-electron chi connectivity index (χ2n) is 4.99. The Hall–Kier alpha value is -2.45. The minimum atomic E-state index is -0.452. The van der Waals surface area contributed by atoms with Gasteiger partial charge in [0, 0.05) is 13.1 Å². The Labute approximate surface area is 143 Å². The first-order chi connectivity index (χ1) is 11.7. The second-order valence-corrected chi connectivity index (χ2v) is 5.33. The van der Waals surface area contributed by atoms with Gasteiger partial charge >= 0.3 is 5.97 Å². The highest BCUT2D eigenvalue weighted by Gasteiger charge is 2.17. The van der Waals surface area contributed by atoms with Gasteiger partial charge in [-0.25, -0.2) is 4.79 Å². The Kier molecular flexibility index (Phi) is 5.07. The fourth-order valence-corrected chi connectivity index (χ4v) is 2.46. The van der Waals surface area contributed by atoms with Crippen molar-refractivity contribution in [3.8, 4) is 0 Å². The highest BCUT2D eigenvalue weighted by atomic mass is 35.5. The topological polar surface area (TPSA) is 89.5 Å². The average Bonchev–Trinajstić information content (AvgIpc) is 2.62. The fourth-order valence-electron chi connectivity index (χ4n) is 2.30. The number of hydrogen-bond donors (Lipinski definition) is 1. The van der Waals surface area contributed by atoms with Crippen molar-refractivity contribution in [3.05, 3.63) is 35.1 Å². The molecule has 0 unspecified atom stereocenters. The number of nitrogens with zero attached hydrogens (tertiary/aromatic N) is 4. The Bertz CT molecular complexity index is 737. The maximum atomic E-state index is 11.8. The second kappa shape index (κ2) is 7.41. The molecule has 9 heteroatoms. The Morgan fingerprint density at radius 3 is 2.75 bits per heavy atom. The van der Waals surface area contributed by atoms with Crippen LogP contribution >= 0.6 is 11.6 Å². The molecule has 0 atom stereocenters. The number of carbonyl (C=O) groups is 1. The van der Waals surface area contributed by atoms with Gasteiger partial charge in [0.2, 0.25) is 17.2 Å². The molecule has 1 aliphatic heterocycles. The zero-order valence-corrected chi connectivity index (χ0v) is 13.8. The molecule has 8 nitrogen and oxygen atoms in total. The number of rotatable bonds is 4. The van der Waals surface area contributed by atoms with Crippen LogP contribution in [0, 0.1) is 0 Å². The molecular weight excluding hydrogens is 334 g/mol. The van der Waals surface area contributed by atoms with Crippen molar-refractivity contribution in [2.45, 2.75) is 0 Å². The minimum Gasteiger partial charge on any atom is -0.465 e. The van der Waals surface area contributed by atoms with Crippen LogP contribution in [-0.4, -0.2) is 54.3 Å². The molecule has 1 N–H and O–H groups in total. The zero-order chi connectivity index (χ0) is 16.9. The molecule has 2 aromatic rings. The lowest BCUT2D eigenvalue weighted by Crippen LogP contribution is -2.37. The van der Waals surface area contributed by atoms with Crippen molar-refractivity contribution in [1.82, 2.24) is 15.0 Å². The van der Waals surface area contributed by atoms with E-state index in [4.69, 9.17) is 21.1 Å². The van der Waals surface area contributed by atoms with Crippen LogP contribution in [0.4, 0.5) is 17.6 Å². The molecule has 1 aliphatic rings. The summed E-state index contributed by atoms with van der Waals surface area (Å²) >= 11 is 6.01. The molecule has 1 fully saturated rings. The SMILES string of the molecule is COC(=O)c1ccccc1Nc1nc(Cl)nc(N2CCOCC2)n1. The number of esters is 1. The van der Waals surface area contributed by atoms with Crippen LogP contribution in [0.3, 0.4) is 0 Å². The Balaban J connectivity index is 1.88. The minimum absolute atomic E-state index is 0.0736. The summed E-state index contributed by atoms with van der Waals surface area (Å²) in [5, 5.41) is 3.08. The summed E-state index contributed by atoms with van der Waals surface area (Å²) in [6, 6.07) is 6.93. The van der Waals surface area contributed by atoms with Crippen molar-refractivity contribution in [1.29, 1.82) is 0 Å². The normalized spacial score (nSPS) is 14.3. The molecule has 2 heterocycles. The van der Waals surface area contributed by atoms with E-state index >= 15 is 0 Å². The van der Waals surface area contributed by atoms with E-state index in [1.165, 1.54) is 7.11 Å². The maximum Gasteiger partial charge on any atom is 0.339 e. The fraction of sp³-hybridized carbons (Fsp3) is 0.333. The number of aromatic nitrogens is 3. The first-order valence-electron chi connectivity index (χ1n) is 7.36. The Morgan fingerprint density at radius 2 is 2.00 bits per heavy atom. The summed E-state index contributed by atoms with van der Waals surface area (Å²) in [5.74, 6) is 0.274. The van der Waals surface area contributed by atoms with E-state index in [1.54, 1.807) is 24.3 Å². The van der Waals surface area contributed by atoms with Crippen LogP contribution in [0.25, 0.3) is 0 Å². The van der Waals surface area contributed by atoms with E-state index in [9.17, 15) is 4.79 Å². The quantitative estimate of drug-likeness (QED) is 0.837. The van der Waals surface area contributed by atoms with E-state index in [0.717, 1.165) is 0 Å². The van der Waals surface area contributed by atoms with E-state index < -0.39 is 5.97 Å². The van der Waals surface area contributed by atoms with Crippen molar-refractivity contribution >= 4 is 35.2 Å². The Morgan fingerprint density at radius 1 is 1.25 bits per heavy atom. The van der Waals surface area contributed by atoms with Gasteiger partial charge in [0.25, 0.3) is 0 Å². The summed E-state index contributed by atoms with van der Waals surface area (Å²) in [6.07, 6.45) is 0. The van der Waals surface area contributed by atoms with Crippen LogP contribution in [0.2, 0.25) is 5.28 Å². The maximum absolute atomic E-state index is 11.8. The van der Waals surface area contributed by atoms with E-state index in [-0.39, 0.29) is 11.2 Å². The molecule has 1 saturated heterocycles. The summed E-state index contributed by atoms with van der Waals surface area (Å²) in [7, 11) is 1.33. The number of ether oxygens (including phenoxy) is 2. The first kappa shape index (κ1) is 16.4. The van der Waals surface area contributed by atoms with E-state index in [0.29, 0.717) is 43.5 Å². The largest absolute Gasteiger partial charge is 0.465 e. The van der Waals surface area contributed by atoms with Gasteiger partial charge in [-0.1, -0.05) is 12.1 Å². The highest BCUT2D eigenvalue weighted by molar-refractivity contribution is 6.28. The highest BCUT2D eigenvalue weighted by Crippen LogP contribution is 2.22. The number of benzene rings is 1. The molecular formula is C15H16ClN5O3. The molecule has 0 spiro atoms. The number of nitrogens with one attached hydrogen (secondary N) is 1. The monoisotopic (exact) mass is 349 g/mol. The summed E-state index contributed by atoms with van der Waals surface area (Å²) in [6.45, 7) is 2.57.